The SMILES string of the molecule is Cn1c(=O)n(C)c2cc(NC(=O)c3ccc(-c4ccccc4)cc3)ccc21. The minimum absolute atomic E-state index is 0.0926. The largest absolute Gasteiger partial charge is 0.328 e. The second-order valence-electron chi connectivity index (χ2n) is 6.50. The van der Waals surface area contributed by atoms with Crippen molar-refractivity contribution in [2.75, 3.05) is 5.32 Å². The fraction of sp³-hybridized carbons (Fsp3) is 0.0909. The molecule has 0 aliphatic rings. The summed E-state index contributed by atoms with van der Waals surface area (Å²) < 4.78 is 3.16. The van der Waals surface area contributed by atoms with Crippen molar-refractivity contribution >= 4 is 22.6 Å². The first-order valence-electron chi connectivity index (χ1n) is 8.67. The number of amides is 1. The van der Waals surface area contributed by atoms with Crippen LogP contribution < -0.4 is 11.0 Å². The van der Waals surface area contributed by atoms with E-state index >= 15 is 0 Å². The van der Waals surface area contributed by atoms with Crippen molar-refractivity contribution in [3.05, 3.63) is 88.8 Å². The van der Waals surface area contributed by atoms with Crippen LogP contribution in [0.2, 0.25) is 0 Å². The Hall–Kier alpha value is -3.60. The van der Waals surface area contributed by atoms with E-state index in [1.165, 1.54) is 0 Å². The second kappa shape index (κ2) is 6.61. The first kappa shape index (κ1) is 16.8. The molecule has 5 heteroatoms. The maximum absolute atomic E-state index is 12.6. The highest BCUT2D eigenvalue weighted by atomic mass is 16.2. The van der Waals surface area contributed by atoms with Crippen LogP contribution in [-0.4, -0.2) is 15.0 Å². The summed E-state index contributed by atoms with van der Waals surface area (Å²) in [7, 11) is 3.45. The number of carbonyl (C=O) groups excluding carboxylic acids is 1. The normalized spacial score (nSPS) is 10.9. The van der Waals surface area contributed by atoms with Crippen LogP contribution in [0.25, 0.3) is 22.2 Å². The molecule has 27 heavy (non-hydrogen) atoms. The highest BCUT2D eigenvalue weighted by Gasteiger charge is 2.11. The van der Waals surface area contributed by atoms with Gasteiger partial charge in [0.05, 0.1) is 11.0 Å². The number of rotatable bonds is 3. The van der Waals surface area contributed by atoms with Gasteiger partial charge in [-0.2, -0.15) is 0 Å². The Kier molecular flexibility index (Phi) is 4.12. The number of nitrogens with zero attached hydrogens (tertiary/aromatic N) is 2. The Bertz CT molecular complexity index is 1190. The number of benzene rings is 3. The van der Waals surface area contributed by atoms with Gasteiger partial charge in [0.25, 0.3) is 5.91 Å². The van der Waals surface area contributed by atoms with E-state index in [0.29, 0.717) is 11.3 Å². The predicted molar refractivity (Wildman–Crippen MR) is 108 cm³/mol. The molecule has 0 radical (unpaired) electrons. The van der Waals surface area contributed by atoms with Gasteiger partial charge in [0.2, 0.25) is 0 Å². The minimum Gasteiger partial charge on any atom is -0.322 e. The molecule has 0 bridgehead atoms. The smallest absolute Gasteiger partial charge is 0.322 e. The summed E-state index contributed by atoms with van der Waals surface area (Å²) in [4.78, 5) is 24.6. The van der Waals surface area contributed by atoms with Gasteiger partial charge in [-0.15, -0.1) is 0 Å². The summed E-state index contributed by atoms with van der Waals surface area (Å²) >= 11 is 0. The number of nitrogens with one attached hydrogen (secondary N) is 1. The van der Waals surface area contributed by atoms with Crippen LogP contribution in [0.4, 0.5) is 5.69 Å². The van der Waals surface area contributed by atoms with Crippen molar-refractivity contribution in [1.82, 2.24) is 9.13 Å². The summed E-state index contributed by atoms with van der Waals surface area (Å²) in [5.74, 6) is -0.185. The van der Waals surface area contributed by atoms with Gasteiger partial charge in [-0.1, -0.05) is 42.5 Å². The van der Waals surface area contributed by atoms with Crippen LogP contribution in [-0.2, 0) is 14.1 Å². The lowest BCUT2D eigenvalue weighted by molar-refractivity contribution is 0.102. The van der Waals surface area contributed by atoms with Gasteiger partial charge >= 0.3 is 5.69 Å². The molecule has 0 spiro atoms. The van der Waals surface area contributed by atoms with E-state index in [9.17, 15) is 9.59 Å². The highest BCUT2D eigenvalue weighted by Crippen LogP contribution is 2.21. The van der Waals surface area contributed by atoms with Crippen molar-refractivity contribution in [2.45, 2.75) is 0 Å². The molecule has 1 N–H and O–H groups in total. The molecule has 4 rings (SSSR count). The quantitative estimate of drug-likeness (QED) is 0.606. The third kappa shape index (κ3) is 3.04. The Morgan fingerprint density at radius 3 is 2.11 bits per heavy atom. The van der Waals surface area contributed by atoms with Crippen LogP contribution in [0.5, 0.6) is 0 Å². The molecule has 3 aromatic carbocycles. The van der Waals surface area contributed by atoms with Crippen LogP contribution >= 0.6 is 0 Å². The molecule has 1 aromatic heterocycles. The number of carbonyl (C=O) groups is 1. The highest BCUT2D eigenvalue weighted by molar-refractivity contribution is 6.05. The van der Waals surface area contributed by atoms with Gasteiger partial charge in [-0.05, 0) is 41.5 Å². The van der Waals surface area contributed by atoms with E-state index in [4.69, 9.17) is 0 Å². The molecular weight excluding hydrogens is 338 g/mol. The Morgan fingerprint density at radius 1 is 0.778 bits per heavy atom. The predicted octanol–water partition coefficient (Wildman–Crippen LogP) is 3.80. The van der Waals surface area contributed by atoms with E-state index in [2.05, 4.69) is 5.32 Å². The molecule has 0 atom stereocenters. The molecule has 4 aromatic rings. The lowest BCUT2D eigenvalue weighted by atomic mass is 10.0. The monoisotopic (exact) mass is 357 g/mol. The molecule has 0 fully saturated rings. The number of fused-ring (bicyclic) bond motifs is 1. The molecule has 134 valence electrons. The molecule has 1 heterocycles. The maximum Gasteiger partial charge on any atom is 0.328 e. The van der Waals surface area contributed by atoms with E-state index in [1.807, 2.05) is 66.7 Å². The number of aryl methyl sites for hydroxylation is 2. The summed E-state index contributed by atoms with van der Waals surface area (Å²) in [6, 6.07) is 23.0. The van der Waals surface area contributed by atoms with Crippen molar-refractivity contribution in [1.29, 1.82) is 0 Å². The second-order valence-corrected chi connectivity index (χ2v) is 6.50. The first-order chi connectivity index (χ1) is 13.0. The van der Waals surface area contributed by atoms with Gasteiger partial charge in [0.1, 0.15) is 0 Å². The minimum atomic E-state index is -0.185. The number of imidazole rings is 1. The number of aromatic nitrogens is 2. The Balaban J connectivity index is 1.58. The number of anilines is 1. The zero-order valence-electron chi connectivity index (χ0n) is 15.1. The van der Waals surface area contributed by atoms with Crippen molar-refractivity contribution in [3.8, 4) is 11.1 Å². The van der Waals surface area contributed by atoms with Gasteiger partial charge < -0.3 is 5.32 Å². The molecule has 0 aliphatic carbocycles. The zero-order chi connectivity index (χ0) is 19.0. The van der Waals surface area contributed by atoms with Crippen molar-refractivity contribution < 1.29 is 4.79 Å². The van der Waals surface area contributed by atoms with E-state index in [0.717, 1.165) is 22.2 Å². The molecule has 0 aliphatic heterocycles. The third-order valence-corrected chi connectivity index (χ3v) is 4.78. The molecule has 0 saturated carbocycles. The summed E-state index contributed by atoms with van der Waals surface area (Å²) in [5.41, 5.74) is 4.92. The topological polar surface area (TPSA) is 56.0 Å². The van der Waals surface area contributed by atoms with Gasteiger partial charge in [-0.3, -0.25) is 13.9 Å². The molecular formula is C22H19N3O2. The summed E-state index contributed by atoms with van der Waals surface area (Å²) in [6.07, 6.45) is 0. The number of hydrogen-bond donors (Lipinski definition) is 1. The van der Waals surface area contributed by atoms with Gasteiger partial charge in [0.15, 0.2) is 0 Å². The van der Waals surface area contributed by atoms with E-state index in [-0.39, 0.29) is 11.6 Å². The fourth-order valence-electron chi connectivity index (χ4n) is 3.23. The van der Waals surface area contributed by atoms with Gasteiger partial charge in [0, 0.05) is 25.3 Å². The summed E-state index contributed by atoms with van der Waals surface area (Å²) in [5, 5.41) is 2.90. The van der Waals surface area contributed by atoms with Crippen LogP contribution in [0.3, 0.4) is 0 Å². The maximum atomic E-state index is 12.6. The van der Waals surface area contributed by atoms with E-state index in [1.54, 1.807) is 29.3 Å². The van der Waals surface area contributed by atoms with Crippen molar-refractivity contribution in [3.63, 3.8) is 0 Å². The number of hydrogen-bond acceptors (Lipinski definition) is 2. The first-order valence-corrected chi connectivity index (χ1v) is 8.67. The third-order valence-electron chi connectivity index (χ3n) is 4.78. The Labute approximate surface area is 156 Å². The Morgan fingerprint density at radius 2 is 1.41 bits per heavy atom. The standard InChI is InChI=1S/C22H19N3O2/c1-24-19-13-12-18(14-20(19)25(2)22(24)27)23-21(26)17-10-8-16(9-11-17)15-6-4-3-5-7-15/h3-14H,1-2H3,(H,23,26). The molecule has 1 amide bonds. The molecule has 5 nitrogen and oxygen atoms in total. The van der Waals surface area contributed by atoms with Gasteiger partial charge in [-0.25, -0.2) is 4.79 Å². The van der Waals surface area contributed by atoms with Crippen LogP contribution in [0, 0.1) is 0 Å². The van der Waals surface area contributed by atoms with Crippen LogP contribution in [0.1, 0.15) is 10.4 Å². The van der Waals surface area contributed by atoms with Crippen molar-refractivity contribution in [2.24, 2.45) is 14.1 Å². The average Bonchev–Trinajstić information content (AvgIpc) is 2.92. The van der Waals surface area contributed by atoms with Crippen LogP contribution in [0.15, 0.2) is 77.6 Å². The summed E-state index contributed by atoms with van der Waals surface area (Å²) in [6.45, 7) is 0. The van der Waals surface area contributed by atoms with E-state index < -0.39 is 0 Å². The lowest BCUT2D eigenvalue weighted by Crippen LogP contribution is -2.19. The molecule has 0 saturated heterocycles. The fourth-order valence-corrected chi connectivity index (χ4v) is 3.23. The molecule has 0 unspecified atom stereocenters. The lowest BCUT2D eigenvalue weighted by Gasteiger charge is -2.07. The zero-order valence-corrected chi connectivity index (χ0v) is 15.1. The average molecular weight is 357 g/mol.